The molecule has 0 radical (unpaired) electrons. The van der Waals surface area contributed by atoms with Crippen molar-refractivity contribution in [3.8, 4) is 17.2 Å². The van der Waals surface area contributed by atoms with Gasteiger partial charge in [0.05, 0.1) is 0 Å². The van der Waals surface area contributed by atoms with Gasteiger partial charge in [-0.05, 0) is 36.2 Å². The van der Waals surface area contributed by atoms with Crippen molar-refractivity contribution in [1.29, 1.82) is 0 Å². The first kappa shape index (κ1) is 11.3. The van der Waals surface area contributed by atoms with Crippen LogP contribution in [0.4, 0.5) is 0 Å². The van der Waals surface area contributed by atoms with E-state index in [9.17, 15) is 15.3 Å². The van der Waals surface area contributed by atoms with E-state index in [1.807, 2.05) is 0 Å². The third-order valence-electron chi connectivity index (χ3n) is 2.82. The number of phenolic OH excluding ortho intramolecular Hbond substituents is 3. The van der Waals surface area contributed by atoms with Crippen molar-refractivity contribution in [1.82, 2.24) is 0 Å². The molecular formula is C14H14O3. The number of aromatic hydroxyl groups is 3. The number of benzene rings is 2. The van der Waals surface area contributed by atoms with Crippen LogP contribution in [0.3, 0.4) is 0 Å². The van der Waals surface area contributed by atoms with Gasteiger partial charge in [-0.2, -0.15) is 0 Å². The smallest absolute Gasteiger partial charge is 0.125 e. The van der Waals surface area contributed by atoms with Gasteiger partial charge in [-0.1, -0.05) is 18.2 Å². The lowest BCUT2D eigenvalue weighted by Gasteiger charge is -2.08. The first-order valence-corrected chi connectivity index (χ1v) is 5.36. The Morgan fingerprint density at radius 2 is 1.53 bits per heavy atom. The molecule has 0 heterocycles. The maximum Gasteiger partial charge on any atom is 0.125 e. The highest BCUT2D eigenvalue weighted by molar-refractivity contribution is 5.49. The normalized spacial score (nSPS) is 10.4. The molecule has 0 atom stereocenters. The molecule has 17 heavy (non-hydrogen) atoms. The summed E-state index contributed by atoms with van der Waals surface area (Å²) in [6.45, 7) is 1.67. The Labute approximate surface area is 99.6 Å². The van der Waals surface area contributed by atoms with Crippen molar-refractivity contribution in [2.75, 3.05) is 0 Å². The van der Waals surface area contributed by atoms with E-state index in [0.717, 1.165) is 11.1 Å². The van der Waals surface area contributed by atoms with Gasteiger partial charge in [0.1, 0.15) is 17.2 Å². The third kappa shape index (κ3) is 2.33. The molecule has 0 saturated heterocycles. The van der Waals surface area contributed by atoms with E-state index in [1.54, 1.807) is 43.3 Å². The molecule has 0 amide bonds. The van der Waals surface area contributed by atoms with Crippen molar-refractivity contribution < 1.29 is 15.3 Å². The summed E-state index contributed by atoms with van der Waals surface area (Å²) in [5.74, 6) is 0.440. The van der Waals surface area contributed by atoms with Crippen LogP contribution in [0.1, 0.15) is 16.7 Å². The summed E-state index contributed by atoms with van der Waals surface area (Å²) in [7, 11) is 0. The Kier molecular flexibility index (Phi) is 2.91. The van der Waals surface area contributed by atoms with Crippen molar-refractivity contribution in [2.45, 2.75) is 13.3 Å². The van der Waals surface area contributed by atoms with E-state index in [1.165, 1.54) is 0 Å². The molecule has 0 aliphatic rings. The standard InChI is InChI=1S/C14H14O3/c1-9-13(16)7-4-11(14(9)17)8-10-2-5-12(15)6-3-10/h2-7,15-17H,8H2,1H3. The van der Waals surface area contributed by atoms with E-state index in [0.29, 0.717) is 12.0 Å². The summed E-state index contributed by atoms with van der Waals surface area (Å²) in [5, 5.41) is 28.5. The van der Waals surface area contributed by atoms with E-state index in [2.05, 4.69) is 0 Å². The third-order valence-corrected chi connectivity index (χ3v) is 2.82. The molecular weight excluding hydrogens is 216 g/mol. The summed E-state index contributed by atoms with van der Waals surface area (Å²) in [5.41, 5.74) is 2.23. The molecule has 2 rings (SSSR count). The van der Waals surface area contributed by atoms with Crippen LogP contribution < -0.4 is 0 Å². The molecule has 0 bridgehead atoms. The average Bonchev–Trinajstić information content (AvgIpc) is 2.33. The van der Waals surface area contributed by atoms with Crippen LogP contribution in [0.15, 0.2) is 36.4 Å². The highest BCUT2D eigenvalue weighted by Crippen LogP contribution is 2.30. The Hall–Kier alpha value is -2.16. The minimum Gasteiger partial charge on any atom is -0.508 e. The van der Waals surface area contributed by atoms with Gasteiger partial charge >= 0.3 is 0 Å². The summed E-state index contributed by atoms with van der Waals surface area (Å²) in [6, 6.07) is 10.1. The average molecular weight is 230 g/mol. The van der Waals surface area contributed by atoms with Crippen LogP contribution in [-0.2, 0) is 6.42 Å². The zero-order valence-electron chi connectivity index (χ0n) is 9.51. The molecule has 0 aliphatic carbocycles. The van der Waals surface area contributed by atoms with E-state index < -0.39 is 0 Å². The van der Waals surface area contributed by atoms with Gasteiger partial charge < -0.3 is 15.3 Å². The molecule has 0 saturated carbocycles. The molecule has 0 unspecified atom stereocenters. The molecule has 2 aromatic rings. The maximum absolute atomic E-state index is 9.88. The van der Waals surface area contributed by atoms with Gasteiger partial charge in [-0.3, -0.25) is 0 Å². The van der Waals surface area contributed by atoms with Crippen molar-refractivity contribution >= 4 is 0 Å². The van der Waals surface area contributed by atoms with Gasteiger partial charge in [-0.25, -0.2) is 0 Å². The number of rotatable bonds is 2. The Morgan fingerprint density at radius 1 is 0.882 bits per heavy atom. The second-order valence-electron chi connectivity index (χ2n) is 4.06. The number of hydrogen-bond acceptors (Lipinski definition) is 3. The minimum absolute atomic E-state index is 0.0944. The second kappa shape index (κ2) is 4.37. The van der Waals surface area contributed by atoms with Crippen LogP contribution in [0.2, 0.25) is 0 Å². The predicted octanol–water partition coefficient (Wildman–Crippen LogP) is 2.70. The quantitative estimate of drug-likeness (QED) is 0.743. The number of phenols is 3. The first-order valence-electron chi connectivity index (χ1n) is 5.36. The second-order valence-corrected chi connectivity index (χ2v) is 4.06. The lowest BCUT2D eigenvalue weighted by molar-refractivity contribution is 0.439. The van der Waals surface area contributed by atoms with Crippen LogP contribution >= 0.6 is 0 Å². The fourth-order valence-corrected chi connectivity index (χ4v) is 1.72. The Morgan fingerprint density at radius 3 is 2.18 bits per heavy atom. The highest BCUT2D eigenvalue weighted by atomic mass is 16.3. The van der Waals surface area contributed by atoms with Crippen LogP contribution in [0.5, 0.6) is 17.2 Å². The van der Waals surface area contributed by atoms with Crippen LogP contribution in [-0.4, -0.2) is 15.3 Å². The molecule has 3 nitrogen and oxygen atoms in total. The molecule has 2 aromatic carbocycles. The lowest BCUT2D eigenvalue weighted by atomic mass is 10.0. The summed E-state index contributed by atoms with van der Waals surface area (Å²) in [6.07, 6.45) is 0.563. The van der Waals surface area contributed by atoms with Crippen molar-refractivity contribution in [2.24, 2.45) is 0 Å². The van der Waals surface area contributed by atoms with Crippen molar-refractivity contribution in [3.05, 3.63) is 53.1 Å². The fourth-order valence-electron chi connectivity index (χ4n) is 1.72. The topological polar surface area (TPSA) is 60.7 Å². The zero-order valence-corrected chi connectivity index (χ0v) is 9.51. The minimum atomic E-state index is 0.0944. The predicted molar refractivity (Wildman–Crippen MR) is 65.4 cm³/mol. The van der Waals surface area contributed by atoms with Gasteiger partial charge in [0.15, 0.2) is 0 Å². The molecule has 3 heteroatoms. The number of hydrogen-bond donors (Lipinski definition) is 3. The molecule has 3 N–H and O–H groups in total. The van der Waals surface area contributed by atoms with Gasteiger partial charge in [0.2, 0.25) is 0 Å². The van der Waals surface area contributed by atoms with Gasteiger partial charge in [0, 0.05) is 12.0 Å². The first-order chi connectivity index (χ1) is 8.08. The molecule has 0 aromatic heterocycles. The summed E-state index contributed by atoms with van der Waals surface area (Å²) in [4.78, 5) is 0. The van der Waals surface area contributed by atoms with Gasteiger partial charge in [0.25, 0.3) is 0 Å². The van der Waals surface area contributed by atoms with Gasteiger partial charge in [-0.15, -0.1) is 0 Å². The van der Waals surface area contributed by atoms with E-state index >= 15 is 0 Å². The van der Waals surface area contributed by atoms with Crippen molar-refractivity contribution in [3.63, 3.8) is 0 Å². The lowest BCUT2D eigenvalue weighted by Crippen LogP contribution is -1.90. The van der Waals surface area contributed by atoms with E-state index in [4.69, 9.17) is 0 Å². The van der Waals surface area contributed by atoms with Crippen LogP contribution in [0, 0.1) is 6.92 Å². The zero-order chi connectivity index (χ0) is 12.4. The Bertz CT molecular complexity index is 530. The maximum atomic E-state index is 9.88. The van der Waals surface area contributed by atoms with E-state index in [-0.39, 0.29) is 17.2 Å². The monoisotopic (exact) mass is 230 g/mol. The molecule has 0 aliphatic heterocycles. The SMILES string of the molecule is Cc1c(O)ccc(Cc2ccc(O)cc2)c1O. The molecule has 0 fully saturated rings. The summed E-state index contributed by atoms with van der Waals surface area (Å²) < 4.78 is 0. The van der Waals surface area contributed by atoms with Crippen LogP contribution in [0.25, 0.3) is 0 Å². The largest absolute Gasteiger partial charge is 0.508 e. The molecule has 0 spiro atoms. The Balaban J connectivity index is 2.30. The molecule has 88 valence electrons. The summed E-state index contributed by atoms with van der Waals surface area (Å²) >= 11 is 0. The highest BCUT2D eigenvalue weighted by Gasteiger charge is 2.08. The fraction of sp³-hybridized carbons (Fsp3) is 0.143.